The quantitative estimate of drug-likeness (QED) is 0.726. The van der Waals surface area contributed by atoms with Gasteiger partial charge in [0.1, 0.15) is 5.69 Å². The number of ether oxygens (including phenoxy) is 1. The minimum atomic E-state index is -4.61. The van der Waals surface area contributed by atoms with Crippen molar-refractivity contribution >= 4 is 39.8 Å². The van der Waals surface area contributed by atoms with Crippen LogP contribution in [0.5, 0.6) is 0 Å². The van der Waals surface area contributed by atoms with Crippen molar-refractivity contribution < 1.29 is 27.5 Å². The fraction of sp³-hybridized carbons (Fsp3) is 0.438. The number of nitrogens with zero attached hydrogens (tertiary/aromatic N) is 4. The van der Waals surface area contributed by atoms with Crippen LogP contribution < -0.4 is 5.32 Å². The number of hydrogen-bond acceptors (Lipinski definition) is 8. The molecule has 0 spiro atoms. The minimum absolute atomic E-state index is 0.0663. The van der Waals surface area contributed by atoms with Gasteiger partial charge in [-0.2, -0.15) is 13.2 Å². The number of amides is 2. The SMILES string of the molecule is C#CCOC(=O)N1CCC(c2nc(C(=O)Nc3nnc(C(F)(F)F)s3)cs2)CC1. The number of halogens is 3. The number of anilines is 1. The van der Waals surface area contributed by atoms with Crippen LogP contribution >= 0.6 is 22.7 Å². The fourth-order valence-corrected chi connectivity index (χ4v) is 4.21. The maximum absolute atomic E-state index is 12.6. The summed E-state index contributed by atoms with van der Waals surface area (Å²) in [5.74, 6) is 1.64. The molecule has 0 bridgehead atoms. The number of thiazole rings is 1. The van der Waals surface area contributed by atoms with Gasteiger partial charge in [0.15, 0.2) is 6.61 Å². The highest BCUT2D eigenvalue weighted by Gasteiger charge is 2.36. The van der Waals surface area contributed by atoms with Crippen LogP contribution in [0.15, 0.2) is 5.38 Å². The lowest BCUT2D eigenvalue weighted by atomic mass is 9.98. The van der Waals surface area contributed by atoms with Gasteiger partial charge in [-0.25, -0.2) is 9.78 Å². The Kier molecular flexibility index (Phi) is 6.33. The predicted molar refractivity (Wildman–Crippen MR) is 98.7 cm³/mol. The highest BCUT2D eigenvalue weighted by Crippen LogP contribution is 2.34. The molecule has 0 aromatic carbocycles. The first kappa shape index (κ1) is 21.0. The van der Waals surface area contributed by atoms with Gasteiger partial charge in [-0.15, -0.1) is 28.0 Å². The van der Waals surface area contributed by atoms with Crippen molar-refractivity contribution in [1.82, 2.24) is 20.1 Å². The average molecular weight is 445 g/mol. The van der Waals surface area contributed by atoms with Crippen molar-refractivity contribution in [3.05, 3.63) is 21.1 Å². The van der Waals surface area contributed by atoms with Crippen molar-refractivity contribution in [2.45, 2.75) is 24.9 Å². The van der Waals surface area contributed by atoms with Gasteiger partial charge in [-0.05, 0) is 12.8 Å². The summed E-state index contributed by atoms with van der Waals surface area (Å²) in [4.78, 5) is 29.9. The molecule has 154 valence electrons. The van der Waals surface area contributed by atoms with Gasteiger partial charge in [-0.3, -0.25) is 10.1 Å². The zero-order chi connectivity index (χ0) is 21.0. The number of carbonyl (C=O) groups excluding carboxylic acids is 2. The van der Waals surface area contributed by atoms with Crippen LogP contribution in [0, 0.1) is 12.3 Å². The molecule has 29 heavy (non-hydrogen) atoms. The molecule has 1 N–H and O–H groups in total. The van der Waals surface area contributed by atoms with E-state index in [0.717, 1.165) is 5.01 Å². The summed E-state index contributed by atoms with van der Waals surface area (Å²) in [5.41, 5.74) is 0.0876. The normalized spacial score (nSPS) is 15.0. The Labute approximate surface area is 171 Å². The Bertz CT molecular complexity index is 929. The van der Waals surface area contributed by atoms with E-state index in [4.69, 9.17) is 11.2 Å². The molecule has 0 saturated carbocycles. The van der Waals surface area contributed by atoms with Gasteiger partial charge in [-0.1, -0.05) is 17.3 Å². The fourth-order valence-electron chi connectivity index (χ4n) is 2.63. The number of piperidine rings is 1. The van der Waals surface area contributed by atoms with E-state index in [1.807, 2.05) is 0 Å². The lowest BCUT2D eigenvalue weighted by Crippen LogP contribution is -2.38. The zero-order valence-corrected chi connectivity index (χ0v) is 16.4. The molecule has 0 unspecified atom stereocenters. The van der Waals surface area contributed by atoms with Crippen LogP contribution in [0.25, 0.3) is 0 Å². The van der Waals surface area contributed by atoms with Crippen LogP contribution in [0.3, 0.4) is 0 Å². The van der Waals surface area contributed by atoms with Crippen LogP contribution in [0.2, 0.25) is 0 Å². The standard InChI is InChI=1S/C16H14F3N5O3S2/c1-2-7-27-15(26)24-5-3-9(4-6-24)12-20-10(8-28-12)11(25)21-14-23-22-13(29-14)16(17,18)19/h1,8-9H,3-7H2,(H,21,23,25). The second kappa shape index (κ2) is 8.75. The van der Waals surface area contributed by atoms with Crippen molar-refractivity contribution in [1.29, 1.82) is 0 Å². The zero-order valence-electron chi connectivity index (χ0n) is 14.7. The molecule has 0 atom stereocenters. The molecule has 1 aliphatic rings. The van der Waals surface area contributed by atoms with Crippen molar-refractivity contribution in [3.8, 4) is 12.3 Å². The van der Waals surface area contributed by atoms with Gasteiger partial charge in [0.25, 0.3) is 5.91 Å². The average Bonchev–Trinajstić information content (AvgIpc) is 3.35. The molecular weight excluding hydrogens is 431 g/mol. The highest BCUT2D eigenvalue weighted by atomic mass is 32.1. The molecule has 1 saturated heterocycles. The van der Waals surface area contributed by atoms with E-state index in [2.05, 4.69) is 26.4 Å². The van der Waals surface area contributed by atoms with Crippen molar-refractivity contribution in [2.75, 3.05) is 25.0 Å². The summed E-state index contributed by atoms with van der Waals surface area (Å²) in [6, 6.07) is 0. The summed E-state index contributed by atoms with van der Waals surface area (Å²) in [6.07, 6.45) is 1.27. The lowest BCUT2D eigenvalue weighted by Gasteiger charge is -2.30. The molecule has 3 rings (SSSR count). The maximum atomic E-state index is 12.6. The van der Waals surface area contributed by atoms with E-state index in [1.54, 1.807) is 4.90 Å². The third-order valence-electron chi connectivity index (χ3n) is 4.02. The van der Waals surface area contributed by atoms with Crippen LogP contribution in [0.4, 0.5) is 23.1 Å². The van der Waals surface area contributed by atoms with Crippen LogP contribution in [-0.4, -0.2) is 51.8 Å². The molecule has 2 amide bonds. The Morgan fingerprint density at radius 3 is 2.69 bits per heavy atom. The Hall–Kier alpha value is -2.72. The molecule has 8 nitrogen and oxygen atoms in total. The number of aromatic nitrogens is 3. The largest absolute Gasteiger partial charge is 0.445 e. The van der Waals surface area contributed by atoms with Gasteiger partial charge in [0.05, 0.1) is 5.01 Å². The minimum Gasteiger partial charge on any atom is -0.436 e. The first-order chi connectivity index (χ1) is 13.8. The van der Waals surface area contributed by atoms with Crippen molar-refractivity contribution in [3.63, 3.8) is 0 Å². The second-order valence-corrected chi connectivity index (χ2v) is 7.82. The molecule has 1 fully saturated rings. The van der Waals surface area contributed by atoms with Gasteiger partial charge < -0.3 is 9.64 Å². The number of carbonyl (C=O) groups is 2. The number of hydrogen-bond donors (Lipinski definition) is 1. The van der Waals surface area contributed by atoms with E-state index < -0.39 is 23.2 Å². The molecule has 1 aliphatic heterocycles. The summed E-state index contributed by atoms with van der Waals surface area (Å²) in [6.45, 7) is 0.864. The third-order valence-corrected chi connectivity index (χ3v) is 5.91. The van der Waals surface area contributed by atoms with E-state index >= 15 is 0 Å². The molecule has 13 heteroatoms. The highest BCUT2D eigenvalue weighted by molar-refractivity contribution is 7.15. The lowest BCUT2D eigenvalue weighted by molar-refractivity contribution is -0.138. The number of terminal acetylenes is 1. The van der Waals surface area contributed by atoms with Crippen molar-refractivity contribution in [2.24, 2.45) is 0 Å². The smallest absolute Gasteiger partial charge is 0.436 e. The topological polar surface area (TPSA) is 97.3 Å². The second-order valence-electron chi connectivity index (χ2n) is 5.96. The van der Waals surface area contributed by atoms with E-state index in [-0.39, 0.29) is 34.7 Å². The van der Waals surface area contributed by atoms with Gasteiger partial charge in [0, 0.05) is 24.4 Å². The molecule has 2 aromatic heterocycles. The first-order valence-electron chi connectivity index (χ1n) is 8.30. The number of alkyl halides is 3. The molecule has 2 aromatic rings. The monoisotopic (exact) mass is 445 g/mol. The predicted octanol–water partition coefficient (Wildman–Crippen LogP) is 3.21. The molecule has 0 aliphatic carbocycles. The summed E-state index contributed by atoms with van der Waals surface area (Å²) in [5, 5.41) is 9.47. The number of rotatable bonds is 4. The molecule has 3 heterocycles. The van der Waals surface area contributed by atoms with Gasteiger partial charge >= 0.3 is 12.3 Å². The van der Waals surface area contributed by atoms with Crippen LogP contribution in [0.1, 0.15) is 39.3 Å². The third kappa shape index (κ3) is 5.21. The Balaban J connectivity index is 1.56. The number of nitrogens with one attached hydrogen (secondary N) is 1. The van der Waals surface area contributed by atoms with E-state index in [9.17, 15) is 22.8 Å². The summed E-state index contributed by atoms with van der Waals surface area (Å²) >= 11 is 1.52. The first-order valence-corrected chi connectivity index (χ1v) is 10.00. The van der Waals surface area contributed by atoms with E-state index in [1.165, 1.54) is 16.7 Å². The maximum Gasteiger partial charge on any atom is 0.445 e. The number of likely N-dealkylation sites (tertiary alicyclic amines) is 1. The summed E-state index contributed by atoms with van der Waals surface area (Å²) in [7, 11) is 0. The van der Waals surface area contributed by atoms with Crippen LogP contribution in [-0.2, 0) is 10.9 Å². The Morgan fingerprint density at radius 2 is 2.07 bits per heavy atom. The Morgan fingerprint density at radius 1 is 1.34 bits per heavy atom. The summed E-state index contributed by atoms with van der Waals surface area (Å²) < 4.78 is 42.5. The molecule has 0 radical (unpaired) electrons. The molecular formula is C16H14F3N5O3S2. The van der Waals surface area contributed by atoms with Gasteiger partial charge in [0.2, 0.25) is 10.1 Å². The van der Waals surface area contributed by atoms with E-state index in [0.29, 0.717) is 25.9 Å².